The van der Waals surface area contributed by atoms with Crippen molar-refractivity contribution >= 4 is 11.8 Å². The molecule has 0 spiro atoms. The van der Waals surface area contributed by atoms with Crippen molar-refractivity contribution in [2.45, 2.75) is 87.7 Å². The Labute approximate surface area is 187 Å². The standard InChI is InChI=1S/C26H39NO2S/c1-26(25-16-18-6-2-5-9-24(18)30-25)11-10-21-19-7-3-4-8-20(19)22(17-23(21)29-26)27-12-14-28-15-13-27/h10-11,16,18-24H,2-9,12-15,17H2,1H3. The Morgan fingerprint density at radius 2 is 1.77 bits per heavy atom. The Hall–Kier alpha value is -0.290. The molecule has 30 heavy (non-hydrogen) atoms. The summed E-state index contributed by atoms with van der Waals surface area (Å²) < 4.78 is 12.8. The van der Waals surface area contributed by atoms with Gasteiger partial charge in [-0.15, -0.1) is 11.8 Å². The van der Waals surface area contributed by atoms with E-state index in [4.69, 9.17) is 9.47 Å². The van der Waals surface area contributed by atoms with Gasteiger partial charge < -0.3 is 9.47 Å². The molecular formula is C26H39NO2S. The maximum Gasteiger partial charge on any atom is 0.114 e. The fourth-order valence-corrected chi connectivity index (χ4v) is 9.25. The van der Waals surface area contributed by atoms with Crippen LogP contribution in [0.15, 0.2) is 23.1 Å². The Bertz CT molecular complexity index is 701. The van der Waals surface area contributed by atoms with E-state index in [0.717, 1.165) is 49.3 Å². The molecule has 0 aromatic carbocycles. The van der Waals surface area contributed by atoms with Crippen LogP contribution >= 0.6 is 11.8 Å². The fourth-order valence-electron chi connectivity index (χ4n) is 7.64. The van der Waals surface area contributed by atoms with Crippen LogP contribution in [-0.2, 0) is 9.47 Å². The van der Waals surface area contributed by atoms with Gasteiger partial charge in [-0.2, -0.15) is 0 Å². The molecular weight excluding hydrogens is 390 g/mol. The van der Waals surface area contributed by atoms with Gasteiger partial charge in [-0.25, -0.2) is 0 Å². The van der Waals surface area contributed by atoms with Crippen molar-refractivity contribution < 1.29 is 9.47 Å². The van der Waals surface area contributed by atoms with E-state index in [0.29, 0.717) is 18.1 Å². The number of hydrogen-bond acceptors (Lipinski definition) is 4. The molecule has 0 radical (unpaired) electrons. The van der Waals surface area contributed by atoms with Gasteiger partial charge in [0.2, 0.25) is 0 Å². The maximum atomic E-state index is 7.10. The molecule has 0 aromatic heterocycles. The van der Waals surface area contributed by atoms with Gasteiger partial charge in [0.05, 0.1) is 19.3 Å². The van der Waals surface area contributed by atoms with Crippen LogP contribution in [0.5, 0.6) is 0 Å². The third kappa shape index (κ3) is 3.54. The lowest BCUT2D eigenvalue weighted by atomic mass is 9.61. The molecule has 0 amide bonds. The molecule has 8 unspecified atom stereocenters. The first kappa shape index (κ1) is 20.3. The number of fused-ring (bicyclic) bond motifs is 4. The fraction of sp³-hybridized carbons (Fsp3) is 0.846. The molecule has 3 aliphatic heterocycles. The van der Waals surface area contributed by atoms with Gasteiger partial charge in [0.15, 0.2) is 0 Å². The minimum atomic E-state index is -0.194. The Balaban J connectivity index is 1.25. The molecule has 0 N–H and O–H groups in total. The second kappa shape index (κ2) is 8.24. The summed E-state index contributed by atoms with van der Waals surface area (Å²) in [5.41, 5.74) is -0.194. The molecule has 3 saturated carbocycles. The van der Waals surface area contributed by atoms with Gasteiger partial charge in [0.1, 0.15) is 5.60 Å². The predicted octanol–water partition coefficient (Wildman–Crippen LogP) is 5.42. The first-order valence-corrected chi connectivity index (χ1v) is 13.7. The minimum absolute atomic E-state index is 0.194. The molecule has 6 rings (SSSR count). The molecule has 0 bridgehead atoms. The first-order chi connectivity index (χ1) is 14.7. The average molecular weight is 430 g/mol. The van der Waals surface area contributed by atoms with Gasteiger partial charge in [0.25, 0.3) is 0 Å². The summed E-state index contributed by atoms with van der Waals surface area (Å²) in [5.74, 6) is 3.10. The third-order valence-corrected chi connectivity index (χ3v) is 10.9. The van der Waals surface area contributed by atoms with Gasteiger partial charge >= 0.3 is 0 Å². The van der Waals surface area contributed by atoms with Crippen LogP contribution in [0, 0.1) is 23.7 Å². The van der Waals surface area contributed by atoms with Crippen molar-refractivity contribution in [2.75, 3.05) is 26.3 Å². The minimum Gasteiger partial charge on any atom is -0.379 e. The Morgan fingerprint density at radius 1 is 1.00 bits per heavy atom. The molecule has 6 aliphatic rings. The Morgan fingerprint density at radius 3 is 2.60 bits per heavy atom. The highest BCUT2D eigenvalue weighted by molar-refractivity contribution is 8.04. The number of hydrogen-bond donors (Lipinski definition) is 0. The molecule has 3 aliphatic carbocycles. The summed E-state index contributed by atoms with van der Waals surface area (Å²) in [5, 5.41) is 0.815. The van der Waals surface area contributed by atoms with Crippen LogP contribution < -0.4 is 0 Å². The summed E-state index contributed by atoms with van der Waals surface area (Å²) >= 11 is 2.15. The van der Waals surface area contributed by atoms with E-state index in [1.54, 1.807) is 0 Å². The van der Waals surface area contributed by atoms with Crippen LogP contribution in [0.25, 0.3) is 0 Å². The lowest BCUT2D eigenvalue weighted by Crippen LogP contribution is -2.58. The van der Waals surface area contributed by atoms with Crippen LogP contribution in [0.2, 0.25) is 0 Å². The van der Waals surface area contributed by atoms with E-state index in [1.807, 2.05) is 0 Å². The number of ether oxygens (including phenoxy) is 2. The maximum absolute atomic E-state index is 7.10. The SMILES string of the molecule is CC1(C2=CC3CCCCC3S2)C=CC2C(CC(N3CCOCC3)C3CCCCC23)O1. The zero-order valence-electron chi connectivity index (χ0n) is 18.6. The molecule has 4 heteroatoms. The molecule has 4 fully saturated rings. The summed E-state index contributed by atoms with van der Waals surface area (Å²) in [4.78, 5) is 4.28. The van der Waals surface area contributed by atoms with E-state index in [2.05, 4.69) is 41.8 Å². The Kier molecular flexibility index (Phi) is 5.59. The zero-order valence-corrected chi connectivity index (χ0v) is 19.5. The first-order valence-electron chi connectivity index (χ1n) is 12.8. The zero-order chi connectivity index (χ0) is 20.1. The number of morpholine rings is 1. The number of thioether (sulfide) groups is 1. The lowest BCUT2D eigenvalue weighted by Gasteiger charge is -2.55. The number of rotatable bonds is 2. The van der Waals surface area contributed by atoms with Gasteiger partial charge in [0, 0.05) is 35.2 Å². The van der Waals surface area contributed by atoms with Crippen LogP contribution in [-0.4, -0.2) is 54.2 Å². The topological polar surface area (TPSA) is 21.7 Å². The van der Waals surface area contributed by atoms with Crippen molar-refractivity contribution in [1.29, 1.82) is 0 Å². The van der Waals surface area contributed by atoms with E-state index >= 15 is 0 Å². The molecule has 3 nitrogen and oxygen atoms in total. The summed E-state index contributed by atoms with van der Waals surface area (Å²) in [6.07, 6.45) is 20.5. The summed E-state index contributed by atoms with van der Waals surface area (Å²) in [6.45, 7) is 6.40. The van der Waals surface area contributed by atoms with E-state index in [1.165, 1.54) is 62.7 Å². The normalized spacial score (nSPS) is 49.1. The van der Waals surface area contributed by atoms with Crippen molar-refractivity contribution in [3.8, 4) is 0 Å². The highest BCUT2D eigenvalue weighted by Crippen LogP contribution is 2.54. The highest BCUT2D eigenvalue weighted by atomic mass is 32.2. The monoisotopic (exact) mass is 429 g/mol. The van der Waals surface area contributed by atoms with Crippen LogP contribution in [0.4, 0.5) is 0 Å². The molecule has 0 aromatic rings. The second-order valence-electron chi connectivity index (χ2n) is 10.9. The average Bonchev–Trinajstić information content (AvgIpc) is 3.24. The van der Waals surface area contributed by atoms with Crippen molar-refractivity contribution in [3.05, 3.63) is 23.1 Å². The highest BCUT2D eigenvalue weighted by Gasteiger charge is 2.51. The van der Waals surface area contributed by atoms with Crippen LogP contribution in [0.1, 0.15) is 64.7 Å². The number of nitrogens with zero attached hydrogens (tertiary/aromatic N) is 1. The summed E-state index contributed by atoms with van der Waals surface area (Å²) in [7, 11) is 0. The van der Waals surface area contributed by atoms with Crippen molar-refractivity contribution in [3.63, 3.8) is 0 Å². The van der Waals surface area contributed by atoms with Crippen molar-refractivity contribution in [1.82, 2.24) is 4.90 Å². The van der Waals surface area contributed by atoms with Gasteiger partial charge in [-0.05, 0) is 56.8 Å². The van der Waals surface area contributed by atoms with Crippen LogP contribution in [0.3, 0.4) is 0 Å². The lowest BCUT2D eigenvalue weighted by molar-refractivity contribution is -0.134. The van der Waals surface area contributed by atoms with Gasteiger partial charge in [-0.3, -0.25) is 4.90 Å². The smallest absolute Gasteiger partial charge is 0.114 e. The van der Waals surface area contributed by atoms with Gasteiger partial charge in [-0.1, -0.05) is 43.9 Å². The third-order valence-electron chi connectivity index (χ3n) is 9.20. The van der Waals surface area contributed by atoms with E-state index < -0.39 is 0 Å². The molecule has 8 atom stereocenters. The quantitative estimate of drug-likeness (QED) is 0.547. The van der Waals surface area contributed by atoms with E-state index in [9.17, 15) is 0 Å². The summed E-state index contributed by atoms with van der Waals surface area (Å²) in [6, 6.07) is 0.698. The molecule has 1 saturated heterocycles. The molecule has 3 heterocycles. The number of allylic oxidation sites excluding steroid dienone is 1. The van der Waals surface area contributed by atoms with Crippen molar-refractivity contribution in [2.24, 2.45) is 23.7 Å². The second-order valence-corrected chi connectivity index (χ2v) is 12.2. The van der Waals surface area contributed by atoms with E-state index in [-0.39, 0.29) is 5.60 Å². The molecule has 166 valence electrons. The largest absolute Gasteiger partial charge is 0.379 e. The predicted molar refractivity (Wildman–Crippen MR) is 124 cm³/mol.